The first kappa shape index (κ1) is 28.2. The van der Waals surface area contributed by atoms with Gasteiger partial charge in [-0.1, -0.05) is 13.3 Å². The normalized spacial score (nSPS) is 23.7. The monoisotopic (exact) mass is 565 g/mol. The van der Waals surface area contributed by atoms with Crippen molar-refractivity contribution in [2.45, 2.75) is 50.6 Å². The summed E-state index contributed by atoms with van der Waals surface area (Å²) in [7, 11) is 1.51. The second-order valence-corrected chi connectivity index (χ2v) is 10.5. The van der Waals surface area contributed by atoms with E-state index in [2.05, 4.69) is 22.1 Å². The molecule has 5 atom stereocenters. The van der Waals surface area contributed by atoms with Crippen LogP contribution in [-0.4, -0.2) is 42.0 Å². The summed E-state index contributed by atoms with van der Waals surface area (Å²) in [6.07, 6.45) is -5.78. The number of halogens is 6. The number of carbonyl (C=O) groups excluding carboxylic acids is 1. The van der Waals surface area contributed by atoms with Crippen molar-refractivity contribution in [3.63, 3.8) is 0 Å². The third kappa shape index (κ3) is 5.48. The number of alkyl halides is 6. The van der Waals surface area contributed by atoms with E-state index in [4.69, 9.17) is 4.74 Å². The molecule has 1 aromatic heterocycles. The first-order valence-corrected chi connectivity index (χ1v) is 13.2. The topological polar surface area (TPSA) is 54.5 Å². The highest BCUT2D eigenvalue weighted by Crippen LogP contribution is 2.43. The Morgan fingerprint density at radius 1 is 1.07 bits per heavy atom. The van der Waals surface area contributed by atoms with E-state index in [-0.39, 0.29) is 12.1 Å². The van der Waals surface area contributed by atoms with Crippen molar-refractivity contribution in [3.05, 3.63) is 70.9 Å². The minimum absolute atomic E-state index is 0.0214. The fourth-order valence-electron chi connectivity index (χ4n) is 6.23. The van der Waals surface area contributed by atoms with Crippen molar-refractivity contribution in [2.75, 3.05) is 20.2 Å². The van der Waals surface area contributed by atoms with Gasteiger partial charge in [0.15, 0.2) is 0 Å². The van der Waals surface area contributed by atoms with E-state index in [1.165, 1.54) is 7.11 Å². The van der Waals surface area contributed by atoms with Crippen LogP contribution in [-0.2, 0) is 12.4 Å². The standard InChI is InChI=1S/C29H29F6N3O2/c1-3-16-15-38-9-7-17(16)12-25(38)26(22-6-8-36-24-5-4-21(40-2)14-23(22)24)37-27(39)18-10-19(28(30,31)32)13-20(11-18)29(33,34)35/h4-6,8,10-11,13-14,16-17,25-26H,3,7,9,12,15H2,1-2H3,(H,37,39)/t16-,17-,25-,26-/m0/s1. The zero-order valence-electron chi connectivity index (χ0n) is 21.9. The number of ether oxygens (including phenoxy) is 1. The van der Waals surface area contributed by atoms with E-state index >= 15 is 0 Å². The summed E-state index contributed by atoms with van der Waals surface area (Å²) in [5.74, 6) is 0.445. The molecule has 0 saturated carbocycles. The van der Waals surface area contributed by atoms with E-state index in [1.807, 2.05) is 0 Å². The molecule has 3 aliphatic heterocycles. The van der Waals surface area contributed by atoms with Gasteiger partial charge in [0.2, 0.25) is 0 Å². The maximum absolute atomic E-state index is 13.5. The van der Waals surface area contributed by atoms with Crippen LogP contribution in [0.15, 0.2) is 48.7 Å². The quantitative estimate of drug-likeness (QED) is 0.332. The maximum Gasteiger partial charge on any atom is 0.416 e. The molecule has 11 heteroatoms. The molecule has 1 amide bonds. The lowest BCUT2D eigenvalue weighted by atomic mass is 9.72. The van der Waals surface area contributed by atoms with Gasteiger partial charge in [0.05, 0.1) is 29.8 Å². The van der Waals surface area contributed by atoms with Crippen molar-refractivity contribution in [1.82, 2.24) is 15.2 Å². The summed E-state index contributed by atoms with van der Waals surface area (Å²) in [5, 5.41) is 3.52. The summed E-state index contributed by atoms with van der Waals surface area (Å²) in [6.45, 7) is 3.74. The van der Waals surface area contributed by atoms with Crippen LogP contribution in [0.2, 0.25) is 0 Å². The summed E-state index contributed by atoms with van der Waals surface area (Å²) in [5.41, 5.74) is -2.47. The van der Waals surface area contributed by atoms with Crippen molar-refractivity contribution in [2.24, 2.45) is 11.8 Å². The largest absolute Gasteiger partial charge is 0.497 e. The molecule has 2 aromatic carbocycles. The van der Waals surface area contributed by atoms with Crippen molar-refractivity contribution >= 4 is 16.8 Å². The average molecular weight is 566 g/mol. The Hall–Kier alpha value is -3.34. The molecular formula is C29H29F6N3O2. The number of aromatic nitrogens is 1. The molecule has 0 spiro atoms. The summed E-state index contributed by atoms with van der Waals surface area (Å²) < 4.78 is 86.5. The zero-order chi connectivity index (χ0) is 28.8. The predicted octanol–water partition coefficient (Wildman–Crippen LogP) is 6.87. The Balaban J connectivity index is 1.59. The molecule has 1 unspecified atom stereocenters. The minimum atomic E-state index is -5.06. The Morgan fingerprint density at radius 2 is 1.77 bits per heavy atom. The van der Waals surface area contributed by atoms with Crippen molar-refractivity contribution < 1.29 is 35.9 Å². The Morgan fingerprint density at radius 3 is 2.35 bits per heavy atom. The highest BCUT2D eigenvalue weighted by molar-refractivity contribution is 5.95. The van der Waals surface area contributed by atoms with Gasteiger partial charge in [0.25, 0.3) is 5.91 Å². The van der Waals surface area contributed by atoms with Crippen LogP contribution in [0.25, 0.3) is 10.9 Å². The Kier molecular flexibility index (Phi) is 7.45. The van der Waals surface area contributed by atoms with Crippen LogP contribution in [0.1, 0.15) is 59.3 Å². The number of hydrogen-bond acceptors (Lipinski definition) is 4. The molecule has 5 nitrogen and oxygen atoms in total. The predicted molar refractivity (Wildman–Crippen MR) is 137 cm³/mol. The first-order chi connectivity index (χ1) is 18.9. The number of piperidine rings is 3. The fraction of sp³-hybridized carbons (Fsp3) is 0.448. The first-order valence-electron chi connectivity index (χ1n) is 13.2. The van der Waals surface area contributed by atoms with Gasteiger partial charge in [0.1, 0.15) is 5.75 Å². The molecule has 214 valence electrons. The lowest BCUT2D eigenvalue weighted by Gasteiger charge is -2.52. The smallest absolute Gasteiger partial charge is 0.416 e. The number of nitrogens with one attached hydrogen (secondary N) is 1. The minimum Gasteiger partial charge on any atom is -0.497 e. The van der Waals surface area contributed by atoms with Crippen LogP contribution < -0.4 is 10.1 Å². The summed E-state index contributed by atoms with van der Waals surface area (Å²) in [6, 6.07) is 7.06. The van der Waals surface area contributed by atoms with Gasteiger partial charge in [-0.25, -0.2) is 0 Å². The van der Waals surface area contributed by atoms with Gasteiger partial charge < -0.3 is 10.1 Å². The van der Waals surface area contributed by atoms with E-state index in [9.17, 15) is 31.1 Å². The molecule has 3 saturated heterocycles. The van der Waals surface area contributed by atoms with E-state index < -0.39 is 41.0 Å². The van der Waals surface area contributed by atoms with Gasteiger partial charge in [-0.3, -0.25) is 14.7 Å². The van der Waals surface area contributed by atoms with Crippen molar-refractivity contribution in [1.29, 1.82) is 0 Å². The van der Waals surface area contributed by atoms with Crippen LogP contribution in [0.5, 0.6) is 5.75 Å². The molecule has 4 heterocycles. The second kappa shape index (κ2) is 10.6. The molecule has 0 radical (unpaired) electrons. The molecule has 1 N–H and O–H groups in total. The third-order valence-corrected chi connectivity index (χ3v) is 8.30. The Labute approximate surface area is 227 Å². The fourth-order valence-corrected chi connectivity index (χ4v) is 6.23. The molecule has 40 heavy (non-hydrogen) atoms. The van der Waals surface area contributed by atoms with Gasteiger partial charge >= 0.3 is 12.4 Å². The molecule has 0 aliphatic carbocycles. The summed E-state index contributed by atoms with van der Waals surface area (Å²) >= 11 is 0. The van der Waals surface area contributed by atoms with E-state index in [1.54, 1.807) is 30.5 Å². The van der Waals surface area contributed by atoms with Crippen LogP contribution in [0.4, 0.5) is 26.3 Å². The number of amides is 1. The number of benzene rings is 2. The molecule has 6 rings (SSSR count). The van der Waals surface area contributed by atoms with Crippen molar-refractivity contribution in [3.8, 4) is 5.75 Å². The van der Waals surface area contributed by atoms with Gasteiger partial charge in [0, 0.05) is 29.7 Å². The lowest BCUT2D eigenvalue weighted by Crippen LogP contribution is -2.57. The van der Waals surface area contributed by atoms with Crippen LogP contribution in [0.3, 0.4) is 0 Å². The highest BCUT2D eigenvalue weighted by Gasteiger charge is 2.44. The molecule has 2 bridgehead atoms. The van der Waals surface area contributed by atoms with Crippen LogP contribution in [0, 0.1) is 11.8 Å². The van der Waals surface area contributed by atoms with E-state index in [0.717, 1.165) is 32.4 Å². The summed E-state index contributed by atoms with van der Waals surface area (Å²) in [4.78, 5) is 20.2. The molecular weight excluding hydrogens is 536 g/mol. The molecule has 3 aromatic rings. The zero-order valence-corrected chi connectivity index (χ0v) is 21.9. The average Bonchev–Trinajstić information content (AvgIpc) is 2.94. The molecule has 3 fully saturated rings. The SMILES string of the molecule is CC[C@H]1CN2CC[C@H]1C[C@H]2[C@@H](NC(=O)c1cc(C(F)(F)F)cc(C(F)(F)F)c1)c1ccnc2ccc(OC)cc12. The second-order valence-electron chi connectivity index (χ2n) is 10.5. The molecule has 3 aliphatic rings. The van der Waals surface area contributed by atoms with E-state index in [0.29, 0.717) is 46.2 Å². The van der Waals surface area contributed by atoms with Gasteiger partial charge in [-0.2, -0.15) is 26.3 Å². The van der Waals surface area contributed by atoms with Crippen LogP contribution >= 0.6 is 0 Å². The van der Waals surface area contributed by atoms with Gasteiger partial charge in [-0.15, -0.1) is 0 Å². The highest BCUT2D eigenvalue weighted by atomic mass is 19.4. The maximum atomic E-state index is 13.5. The number of pyridine rings is 1. The van der Waals surface area contributed by atoms with Gasteiger partial charge in [-0.05, 0) is 79.3 Å². The number of methoxy groups -OCH3 is 1. The Bertz CT molecular complexity index is 1370. The number of fused-ring (bicyclic) bond motifs is 4. The number of nitrogens with zero attached hydrogens (tertiary/aromatic N) is 2. The lowest BCUT2D eigenvalue weighted by molar-refractivity contribution is -0.143. The third-order valence-electron chi connectivity index (χ3n) is 8.30. The number of carbonyl (C=O) groups is 1. The number of rotatable bonds is 6. The number of hydrogen-bond donors (Lipinski definition) is 1.